The van der Waals surface area contributed by atoms with E-state index in [1.807, 2.05) is 70.4 Å². The van der Waals surface area contributed by atoms with Gasteiger partial charge in [-0.05, 0) is 48.4 Å². The van der Waals surface area contributed by atoms with Crippen molar-refractivity contribution in [3.05, 3.63) is 77.6 Å². The molecule has 0 atom stereocenters. The van der Waals surface area contributed by atoms with Crippen LogP contribution in [0.1, 0.15) is 21.5 Å². The van der Waals surface area contributed by atoms with Gasteiger partial charge in [0.25, 0.3) is 5.91 Å². The normalized spacial score (nSPS) is 13.2. The highest BCUT2D eigenvalue weighted by Gasteiger charge is 2.25. The largest absolute Gasteiger partial charge is 0.493 e. The molecule has 138 valence electrons. The van der Waals surface area contributed by atoms with Crippen molar-refractivity contribution in [1.29, 1.82) is 0 Å². The number of benzene rings is 2. The first-order chi connectivity index (χ1) is 13.2. The molecule has 2 aromatic carbocycles. The summed E-state index contributed by atoms with van der Waals surface area (Å²) in [6.45, 7) is 1.23. The van der Waals surface area contributed by atoms with Crippen LogP contribution in [0.25, 0.3) is 5.69 Å². The molecule has 5 nitrogen and oxygen atoms in total. The third-order valence-electron chi connectivity index (χ3n) is 5.02. The summed E-state index contributed by atoms with van der Waals surface area (Å²) in [6, 6.07) is 15.6. The number of nitrogens with zero attached hydrogens (tertiary/aromatic N) is 2. The molecule has 0 fully saturated rings. The van der Waals surface area contributed by atoms with Gasteiger partial charge in [0.2, 0.25) is 0 Å². The number of hydrogen-bond acceptors (Lipinski definition) is 3. The highest BCUT2D eigenvalue weighted by atomic mass is 16.5. The van der Waals surface area contributed by atoms with E-state index >= 15 is 0 Å². The lowest BCUT2D eigenvalue weighted by Crippen LogP contribution is -2.36. The molecule has 1 aliphatic heterocycles. The maximum absolute atomic E-state index is 13.1. The molecule has 0 saturated heterocycles. The highest BCUT2D eigenvalue weighted by molar-refractivity contribution is 5.95. The van der Waals surface area contributed by atoms with E-state index in [0.29, 0.717) is 18.7 Å². The molecule has 0 saturated carbocycles. The zero-order valence-corrected chi connectivity index (χ0v) is 15.5. The van der Waals surface area contributed by atoms with Gasteiger partial charge in [0.05, 0.1) is 14.2 Å². The Kier molecular flexibility index (Phi) is 4.59. The fraction of sp³-hybridized carbons (Fsp3) is 0.227. The molecule has 0 aliphatic carbocycles. The van der Waals surface area contributed by atoms with Gasteiger partial charge >= 0.3 is 0 Å². The van der Waals surface area contributed by atoms with Crippen LogP contribution in [0.5, 0.6) is 11.5 Å². The topological polar surface area (TPSA) is 43.7 Å². The van der Waals surface area contributed by atoms with E-state index in [1.54, 1.807) is 14.2 Å². The Hall–Kier alpha value is -3.21. The molecular formula is C22H22N2O3. The number of carbonyl (C=O) groups is 1. The maximum Gasteiger partial charge on any atom is 0.254 e. The van der Waals surface area contributed by atoms with Crippen LogP contribution in [0.3, 0.4) is 0 Å². The molecule has 0 N–H and O–H groups in total. The molecule has 4 rings (SSSR count). The first kappa shape index (κ1) is 17.2. The SMILES string of the molecule is COc1ccc2c(c1OC)CCN(C(=O)c1cccc(-n3cccc3)c1)C2. The Balaban J connectivity index is 1.59. The molecular weight excluding hydrogens is 340 g/mol. The molecule has 1 amide bonds. The van der Waals surface area contributed by atoms with Crippen molar-refractivity contribution in [2.75, 3.05) is 20.8 Å². The average Bonchev–Trinajstić information content (AvgIpc) is 3.27. The van der Waals surface area contributed by atoms with Gasteiger partial charge in [-0.25, -0.2) is 0 Å². The van der Waals surface area contributed by atoms with Gasteiger partial charge in [-0.3, -0.25) is 4.79 Å². The summed E-state index contributed by atoms with van der Waals surface area (Å²) >= 11 is 0. The van der Waals surface area contributed by atoms with Crippen molar-refractivity contribution in [2.24, 2.45) is 0 Å². The highest BCUT2D eigenvalue weighted by Crippen LogP contribution is 2.36. The number of carbonyl (C=O) groups excluding carboxylic acids is 1. The van der Waals surface area contributed by atoms with Crippen LogP contribution in [-0.4, -0.2) is 36.1 Å². The standard InChI is InChI=1S/C22H22N2O3/c1-26-20-9-8-17-15-24(13-10-19(17)21(20)27-2)22(25)16-6-5-7-18(14-16)23-11-3-4-12-23/h3-9,11-12,14H,10,13,15H2,1-2H3. The lowest BCUT2D eigenvalue weighted by molar-refractivity contribution is 0.0733. The number of methoxy groups -OCH3 is 2. The van der Waals surface area contributed by atoms with E-state index in [-0.39, 0.29) is 5.91 Å². The fourth-order valence-corrected chi connectivity index (χ4v) is 3.65. The van der Waals surface area contributed by atoms with Crippen LogP contribution in [0.2, 0.25) is 0 Å². The van der Waals surface area contributed by atoms with Gasteiger partial charge in [0.15, 0.2) is 11.5 Å². The molecule has 5 heteroatoms. The number of rotatable bonds is 4. The summed E-state index contributed by atoms with van der Waals surface area (Å²) in [5, 5.41) is 0. The second-order valence-corrected chi connectivity index (χ2v) is 6.56. The number of fused-ring (bicyclic) bond motifs is 1. The summed E-state index contributed by atoms with van der Waals surface area (Å²) in [5.41, 5.74) is 3.91. The average molecular weight is 362 g/mol. The van der Waals surface area contributed by atoms with Gasteiger partial charge in [-0.1, -0.05) is 12.1 Å². The summed E-state index contributed by atoms with van der Waals surface area (Å²) in [7, 11) is 3.29. The van der Waals surface area contributed by atoms with E-state index in [1.165, 1.54) is 0 Å². The minimum atomic E-state index is 0.0458. The van der Waals surface area contributed by atoms with Crippen LogP contribution < -0.4 is 9.47 Å². The smallest absolute Gasteiger partial charge is 0.254 e. The number of ether oxygens (including phenoxy) is 2. The first-order valence-corrected chi connectivity index (χ1v) is 8.96. The summed E-state index contributed by atoms with van der Waals surface area (Å²) in [6.07, 6.45) is 4.69. The summed E-state index contributed by atoms with van der Waals surface area (Å²) < 4.78 is 12.9. The fourth-order valence-electron chi connectivity index (χ4n) is 3.65. The van der Waals surface area contributed by atoms with Crippen LogP contribution in [-0.2, 0) is 13.0 Å². The third kappa shape index (κ3) is 3.16. The maximum atomic E-state index is 13.1. The molecule has 27 heavy (non-hydrogen) atoms. The monoisotopic (exact) mass is 362 g/mol. The summed E-state index contributed by atoms with van der Waals surface area (Å²) in [5.74, 6) is 1.55. The number of hydrogen-bond donors (Lipinski definition) is 0. The second-order valence-electron chi connectivity index (χ2n) is 6.56. The molecule has 0 unspecified atom stereocenters. The van der Waals surface area contributed by atoms with E-state index in [2.05, 4.69) is 0 Å². The van der Waals surface area contributed by atoms with Gasteiger partial charge in [0.1, 0.15) is 0 Å². The van der Waals surface area contributed by atoms with Gasteiger partial charge < -0.3 is 18.9 Å². The van der Waals surface area contributed by atoms with E-state index in [9.17, 15) is 4.79 Å². The predicted molar refractivity (Wildman–Crippen MR) is 104 cm³/mol. The van der Waals surface area contributed by atoms with Crippen molar-refractivity contribution in [3.8, 4) is 17.2 Å². The van der Waals surface area contributed by atoms with E-state index in [4.69, 9.17) is 9.47 Å². The van der Waals surface area contributed by atoms with Crippen molar-refractivity contribution in [2.45, 2.75) is 13.0 Å². The Morgan fingerprint density at radius 1 is 1.00 bits per heavy atom. The lowest BCUT2D eigenvalue weighted by Gasteiger charge is -2.30. The van der Waals surface area contributed by atoms with Crippen LogP contribution >= 0.6 is 0 Å². The van der Waals surface area contributed by atoms with E-state index < -0.39 is 0 Å². The van der Waals surface area contributed by atoms with E-state index in [0.717, 1.165) is 34.7 Å². The van der Waals surface area contributed by atoms with Crippen LogP contribution in [0, 0.1) is 0 Å². The molecule has 1 aliphatic rings. The van der Waals surface area contributed by atoms with Gasteiger partial charge in [-0.15, -0.1) is 0 Å². The van der Waals surface area contributed by atoms with Gasteiger partial charge in [0, 0.05) is 42.3 Å². The number of amides is 1. The zero-order valence-electron chi connectivity index (χ0n) is 15.5. The predicted octanol–water partition coefficient (Wildman–Crippen LogP) is 3.69. The molecule has 0 radical (unpaired) electrons. The molecule has 2 heterocycles. The molecule has 0 bridgehead atoms. The summed E-state index contributed by atoms with van der Waals surface area (Å²) in [4.78, 5) is 15.0. The van der Waals surface area contributed by atoms with Crippen molar-refractivity contribution < 1.29 is 14.3 Å². The Morgan fingerprint density at radius 3 is 2.56 bits per heavy atom. The molecule has 3 aromatic rings. The van der Waals surface area contributed by atoms with Gasteiger partial charge in [-0.2, -0.15) is 0 Å². The quantitative estimate of drug-likeness (QED) is 0.711. The Morgan fingerprint density at radius 2 is 1.81 bits per heavy atom. The minimum Gasteiger partial charge on any atom is -0.493 e. The van der Waals surface area contributed by atoms with Crippen molar-refractivity contribution in [3.63, 3.8) is 0 Å². The zero-order chi connectivity index (χ0) is 18.8. The third-order valence-corrected chi connectivity index (χ3v) is 5.02. The second kappa shape index (κ2) is 7.19. The van der Waals surface area contributed by atoms with Crippen molar-refractivity contribution in [1.82, 2.24) is 9.47 Å². The lowest BCUT2D eigenvalue weighted by atomic mass is 9.97. The number of aromatic nitrogens is 1. The molecule has 1 aromatic heterocycles. The van der Waals surface area contributed by atoms with Crippen molar-refractivity contribution >= 4 is 5.91 Å². The Labute approximate surface area is 158 Å². The minimum absolute atomic E-state index is 0.0458. The molecule has 0 spiro atoms. The first-order valence-electron chi connectivity index (χ1n) is 8.96. The van der Waals surface area contributed by atoms with Crippen LogP contribution in [0.4, 0.5) is 0 Å². The Bertz CT molecular complexity index is 964. The van der Waals surface area contributed by atoms with Crippen LogP contribution in [0.15, 0.2) is 60.9 Å².